The first-order valence-electron chi connectivity index (χ1n) is 13.5. The Morgan fingerprint density at radius 3 is 2.34 bits per heavy atom. The summed E-state index contributed by atoms with van der Waals surface area (Å²) in [5.74, 6) is 1.89. The number of hydrogen-bond donors (Lipinski definition) is 2. The van der Waals surface area contributed by atoms with Crippen molar-refractivity contribution < 1.29 is 15.0 Å². The Bertz CT molecular complexity index is 828. The highest BCUT2D eigenvalue weighted by Crippen LogP contribution is 2.74. The molecule has 0 aromatic carbocycles. The number of fused-ring (bicyclic) bond motifs is 7. The van der Waals surface area contributed by atoms with Crippen molar-refractivity contribution in [2.45, 2.75) is 105 Å². The van der Waals surface area contributed by atoms with Gasteiger partial charge >= 0.3 is 5.97 Å². The third-order valence-electron chi connectivity index (χ3n) is 12.7. The summed E-state index contributed by atoms with van der Waals surface area (Å²) in [5.41, 5.74) is 2.35. The SMILES string of the molecule is C[C@H]1CC[C@@H](C(=O)O)[C@H]2CC[C@]3(C)C(=CC[C@@H]4[C@@]5(C)CC[C@H](O)C(C)(C)[C@H]5CC[C@@]43C)[C@H]21. The minimum Gasteiger partial charge on any atom is -0.481 e. The second kappa shape index (κ2) is 7.09. The summed E-state index contributed by atoms with van der Waals surface area (Å²) in [4.78, 5) is 12.1. The van der Waals surface area contributed by atoms with Crippen LogP contribution in [0, 0.1) is 57.2 Å². The second-order valence-electron chi connectivity index (χ2n) is 13.9. The number of allylic oxidation sites excluding steroid dienone is 2. The maximum Gasteiger partial charge on any atom is 0.306 e. The Kier molecular flexibility index (Phi) is 5.08. The van der Waals surface area contributed by atoms with E-state index < -0.39 is 5.97 Å². The first-order chi connectivity index (χ1) is 14.9. The van der Waals surface area contributed by atoms with Gasteiger partial charge in [0.05, 0.1) is 12.0 Å². The molecule has 0 spiro atoms. The van der Waals surface area contributed by atoms with E-state index in [9.17, 15) is 15.0 Å². The molecule has 0 heterocycles. The van der Waals surface area contributed by atoms with Crippen molar-refractivity contribution in [3.05, 3.63) is 11.6 Å². The molecule has 4 fully saturated rings. The summed E-state index contributed by atoms with van der Waals surface area (Å²) in [6.45, 7) is 14.7. The third kappa shape index (κ3) is 2.72. The van der Waals surface area contributed by atoms with Crippen LogP contribution in [-0.4, -0.2) is 22.3 Å². The van der Waals surface area contributed by atoms with Gasteiger partial charge < -0.3 is 10.2 Å². The van der Waals surface area contributed by atoms with Gasteiger partial charge in [0.25, 0.3) is 0 Å². The molecule has 0 unspecified atom stereocenters. The number of carbonyl (C=O) groups is 1. The van der Waals surface area contributed by atoms with Gasteiger partial charge in [0.1, 0.15) is 0 Å². The smallest absolute Gasteiger partial charge is 0.306 e. The molecule has 0 radical (unpaired) electrons. The van der Waals surface area contributed by atoms with E-state index in [0.717, 1.165) is 44.9 Å². The van der Waals surface area contributed by atoms with Crippen LogP contribution in [0.3, 0.4) is 0 Å². The van der Waals surface area contributed by atoms with Crippen molar-refractivity contribution in [2.24, 2.45) is 57.2 Å². The van der Waals surface area contributed by atoms with Gasteiger partial charge in [-0.3, -0.25) is 4.79 Å². The summed E-state index contributed by atoms with van der Waals surface area (Å²) in [6.07, 6.45) is 12.3. The molecular formula is C29H46O3. The van der Waals surface area contributed by atoms with Crippen molar-refractivity contribution in [3.63, 3.8) is 0 Å². The van der Waals surface area contributed by atoms with E-state index in [1.807, 2.05) is 0 Å². The average molecular weight is 443 g/mol. The van der Waals surface area contributed by atoms with Crippen LogP contribution in [0.4, 0.5) is 0 Å². The van der Waals surface area contributed by atoms with Crippen molar-refractivity contribution in [1.29, 1.82) is 0 Å². The second-order valence-corrected chi connectivity index (χ2v) is 13.9. The van der Waals surface area contributed by atoms with Gasteiger partial charge in [-0.15, -0.1) is 0 Å². The van der Waals surface area contributed by atoms with Gasteiger partial charge in [-0.2, -0.15) is 0 Å². The molecule has 3 nitrogen and oxygen atoms in total. The maximum atomic E-state index is 12.1. The fourth-order valence-corrected chi connectivity index (χ4v) is 10.7. The first kappa shape index (κ1) is 22.9. The lowest BCUT2D eigenvalue weighted by molar-refractivity contribution is -0.201. The largest absolute Gasteiger partial charge is 0.481 e. The predicted octanol–water partition coefficient (Wildman–Crippen LogP) is 6.70. The lowest BCUT2D eigenvalue weighted by Crippen LogP contribution is -2.64. The number of aliphatic hydroxyl groups excluding tert-OH is 1. The van der Waals surface area contributed by atoms with E-state index in [1.54, 1.807) is 5.57 Å². The van der Waals surface area contributed by atoms with Gasteiger partial charge in [-0.25, -0.2) is 0 Å². The van der Waals surface area contributed by atoms with Crippen molar-refractivity contribution in [3.8, 4) is 0 Å². The Hall–Kier alpha value is -0.830. The van der Waals surface area contributed by atoms with Gasteiger partial charge in [-0.1, -0.05) is 53.2 Å². The summed E-state index contributed by atoms with van der Waals surface area (Å²) in [5, 5.41) is 20.8. The van der Waals surface area contributed by atoms with Gasteiger partial charge in [-0.05, 0) is 109 Å². The number of hydrogen-bond acceptors (Lipinski definition) is 2. The summed E-state index contributed by atoms with van der Waals surface area (Å²) in [7, 11) is 0. The molecule has 0 amide bonds. The van der Waals surface area contributed by atoms with Crippen LogP contribution >= 0.6 is 0 Å². The van der Waals surface area contributed by atoms with Crippen LogP contribution < -0.4 is 0 Å². The highest BCUT2D eigenvalue weighted by Gasteiger charge is 2.67. The molecule has 180 valence electrons. The molecule has 0 aromatic rings. The molecule has 10 atom stereocenters. The van der Waals surface area contributed by atoms with Crippen molar-refractivity contribution in [2.75, 3.05) is 0 Å². The Balaban J connectivity index is 1.56. The minimum atomic E-state index is -0.563. The summed E-state index contributed by atoms with van der Waals surface area (Å²) < 4.78 is 0. The lowest BCUT2D eigenvalue weighted by Gasteiger charge is -2.70. The van der Waals surface area contributed by atoms with E-state index in [0.29, 0.717) is 29.6 Å². The van der Waals surface area contributed by atoms with E-state index >= 15 is 0 Å². The zero-order valence-corrected chi connectivity index (χ0v) is 21.3. The van der Waals surface area contributed by atoms with Crippen LogP contribution in [0.15, 0.2) is 11.6 Å². The Morgan fingerprint density at radius 2 is 1.66 bits per heavy atom. The third-order valence-corrected chi connectivity index (χ3v) is 12.7. The number of carboxylic acid groups (broad SMARTS) is 1. The molecule has 0 saturated heterocycles. The number of rotatable bonds is 1. The summed E-state index contributed by atoms with van der Waals surface area (Å²) >= 11 is 0. The first-order valence-corrected chi connectivity index (χ1v) is 13.5. The van der Waals surface area contributed by atoms with Crippen molar-refractivity contribution >= 4 is 5.97 Å². The van der Waals surface area contributed by atoms with E-state index in [2.05, 4.69) is 47.6 Å². The Morgan fingerprint density at radius 1 is 0.938 bits per heavy atom. The van der Waals surface area contributed by atoms with Crippen LogP contribution in [0.25, 0.3) is 0 Å². The average Bonchev–Trinajstić information content (AvgIpc) is 2.71. The fraction of sp³-hybridized carbons (Fsp3) is 0.897. The van der Waals surface area contributed by atoms with Crippen LogP contribution in [-0.2, 0) is 4.79 Å². The molecule has 0 bridgehead atoms. The zero-order valence-electron chi connectivity index (χ0n) is 21.3. The number of aliphatic carboxylic acids is 1. The van der Waals surface area contributed by atoms with E-state index in [4.69, 9.17) is 0 Å². The summed E-state index contributed by atoms with van der Waals surface area (Å²) in [6, 6.07) is 0. The molecule has 5 rings (SSSR count). The minimum absolute atomic E-state index is 0.0104. The van der Waals surface area contributed by atoms with E-state index in [-0.39, 0.29) is 33.7 Å². The van der Waals surface area contributed by atoms with Crippen LogP contribution in [0.5, 0.6) is 0 Å². The van der Waals surface area contributed by atoms with Crippen LogP contribution in [0.1, 0.15) is 99.3 Å². The number of aliphatic hydroxyl groups is 1. The molecule has 2 N–H and O–H groups in total. The maximum absolute atomic E-state index is 12.1. The molecular weight excluding hydrogens is 396 g/mol. The van der Waals surface area contributed by atoms with Crippen LogP contribution in [0.2, 0.25) is 0 Å². The predicted molar refractivity (Wildman–Crippen MR) is 128 cm³/mol. The van der Waals surface area contributed by atoms with Gasteiger partial charge in [0, 0.05) is 0 Å². The molecule has 3 heteroatoms. The molecule has 0 aliphatic heterocycles. The molecule has 5 aliphatic rings. The van der Waals surface area contributed by atoms with Gasteiger partial charge in [0.2, 0.25) is 0 Å². The topological polar surface area (TPSA) is 57.5 Å². The van der Waals surface area contributed by atoms with Gasteiger partial charge in [0.15, 0.2) is 0 Å². The Labute approximate surface area is 195 Å². The fourth-order valence-electron chi connectivity index (χ4n) is 10.7. The normalized spacial score (nSPS) is 54.3. The number of carboxylic acids is 1. The molecule has 0 aromatic heterocycles. The van der Waals surface area contributed by atoms with E-state index in [1.165, 1.54) is 12.8 Å². The molecule has 5 aliphatic carbocycles. The highest BCUT2D eigenvalue weighted by atomic mass is 16.4. The zero-order chi connectivity index (χ0) is 23.3. The quantitative estimate of drug-likeness (QED) is 0.444. The highest BCUT2D eigenvalue weighted by molar-refractivity contribution is 5.70. The monoisotopic (exact) mass is 442 g/mol. The van der Waals surface area contributed by atoms with Crippen molar-refractivity contribution in [1.82, 2.24) is 0 Å². The standard InChI is InChI=1S/C29H46O3/c1-17-7-8-19(25(31)32)18-11-15-28(5)20(24(17)18)9-10-22-27(4)14-13-23(30)26(2,3)21(27)12-16-29(22,28)6/h9,17-19,21-24,30H,7-8,10-16H2,1-6H3,(H,31,32)/t17-,18+,19+,21+,22+,23-,24-,27-,28+,29-/m0/s1. The lowest BCUT2D eigenvalue weighted by atomic mass is 9.34. The molecule has 32 heavy (non-hydrogen) atoms. The molecule has 4 saturated carbocycles.